The highest BCUT2D eigenvalue weighted by atomic mass is 19.4. The minimum Gasteiger partial charge on any atom is -0.480 e. The van der Waals surface area contributed by atoms with Gasteiger partial charge in [0.2, 0.25) is 5.88 Å². The van der Waals surface area contributed by atoms with Crippen LogP contribution in [0.3, 0.4) is 0 Å². The molecule has 1 aliphatic rings. The maximum absolute atomic E-state index is 13.0. The number of imidazole rings is 2. The van der Waals surface area contributed by atoms with Crippen molar-refractivity contribution < 1.29 is 17.9 Å². The van der Waals surface area contributed by atoms with E-state index < -0.39 is 11.9 Å². The molecular weight excluding hydrogens is 485 g/mol. The quantitative estimate of drug-likeness (QED) is 0.331. The first-order chi connectivity index (χ1) is 17.8. The first-order valence-electron chi connectivity index (χ1n) is 11.6. The third-order valence-electron chi connectivity index (χ3n) is 6.31. The predicted octanol–water partition coefficient (Wildman–Crippen LogP) is 4.64. The summed E-state index contributed by atoms with van der Waals surface area (Å²) in [6.45, 7) is 0.458. The molecule has 1 fully saturated rings. The summed E-state index contributed by atoms with van der Waals surface area (Å²) in [6, 6.07) is 7.21. The number of aryl methyl sites for hydroxylation is 1. The Morgan fingerprint density at radius 1 is 1.03 bits per heavy atom. The van der Waals surface area contributed by atoms with Crippen LogP contribution >= 0.6 is 0 Å². The lowest BCUT2D eigenvalue weighted by molar-refractivity contribution is -0.140. The maximum Gasteiger partial charge on any atom is 0.434 e. The van der Waals surface area contributed by atoms with Gasteiger partial charge in [0.15, 0.2) is 17.2 Å². The summed E-state index contributed by atoms with van der Waals surface area (Å²) < 4.78 is 47.9. The lowest BCUT2D eigenvalue weighted by atomic mass is 10.1. The highest BCUT2D eigenvalue weighted by Crippen LogP contribution is 2.44. The van der Waals surface area contributed by atoms with Crippen LogP contribution in [-0.4, -0.2) is 46.1 Å². The highest BCUT2D eigenvalue weighted by molar-refractivity contribution is 5.75. The molecule has 12 heteroatoms. The SMILES string of the molecule is COc1ncnc(C2CC2)c1-c1ncc2ncn(Cc3ccc(-c4nc(C(F)(F)F)cn4C)cc3)c2n1. The predicted molar refractivity (Wildman–Crippen MR) is 128 cm³/mol. The zero-order valence-corrected chi connectivity index (χ0v) is 19.9. The smallest absolute Gasteiger partial charge is 0.434 e. The number of nitrogens with zero attached hydrogens (tertiary/aromatic N) is 8. The Morgan fingerprint density at radius 3 is 2.49 bits per heavy atom. The summed E-state index contributed by atoms with van der Waals surface area (Å²) in [4.78, 5) is 26.2. The van der Waals surface area contributed by atoms with E-state index in [0.29, 0.717) is 46.5 Å². The van der Waals surface area contributed by atoms with Gasteiger partial charge in [-0.3, -0.25) is 0 Å². The van der Waals surface area contributed by atoms with E-state index in [0.717, 1.165) is 30.3 Å². The second kappa shape index (κ2) is 8.64. The highest BCUT2D eigenvalue weighted by Gasteiger charge is 2.34. The minimum absolute atomic E-state index is 0.245. The Kier molecular flexibility index (Phi) is 5.39. The fourth-order valence-corrected chi connectivity index (χ4v) is 4.33. The van der Waals surface area contributed by atoms with E-state index in [4.69, 9.17) is 9.72 Å². The Hall–Kier alpha value is -4.35. The van der Waals surface area contributed by atoms with Crippen LogP contribution in [0.15, 0.2) is 49.3 Å². The average Bonchev–Trinajstić information content (AvgIpc) is 3.55. The monoisotopic (exact) mass is 506 g/mol. The topological polar surface area (TPSA) is 96.4 Å². The van der Waals surface area contributed by atoms with E-state index in [9.17, 15) is 13.2 Å². The Morgan fingerprint density at radius 2 is 1.81 bits per heavy atom. The van der Waals surface area contributed by atoms with Crippen molar-refractivity contribution in [3.8, 4) is 28.7 Å². The lowest BCUT2D eigenvalue weighted by Gasteiger charge is -2.11. The standard InChI is InChI=1S/C25H21F3N8O/c1-35-11-18(25(26,27)28)33-22(35)16-5-3-14(4-6-16)10-36-13-32-17-9-29-21(34-23(17)36)19-20(15-7-8-15)30-12-31-24(19)37-2/h3-6,9,11-13,15H,7-8,10H2,1-2H3. The van der Waals surface area contributed by atoms with Gasteiger partial charge in [-0.1, -0.05) is 24.3 Å². The van der Waals surface area contributed by atoms with Gasteiger partial charge in [-0.2, -0.15) is 13.2 Å². The molecule has 1 saturated carbocycles. The summed E-state index contributed by atoms with van der Waals surface area (Å²) in [5.74, 6) is 1.50. The number of methoxy groups -OCH3 is 1. The van der Waals surface area contributed by atoms with Gasteiger partial charge < -0.3 is 13.9 Å². The summed E-state index contributed by atoms with van der Waals surface area (Å²) in [6.07, 6.45) is 3.45. The van der Waals surface area contributed by atoms with E-state index in [1.165, 1.54) is 10.9 Å². The summed E-state index contributed by atoms with van der Waals surface area (Å²) in [5.41, 5.74) is 3.45. The largest absolute Gasteiger partial charge is 0.480 e. The second-order valence-electron chi connectivity index (χ2n) is 8.95. The van der Waals surface area contributed by atoms with E-state index in [2.05, 4.69) is 24.9 Å². The Labute approximate surface area is 209 Å². The van der Waals surface area contributed by atoms with Gasteiger partial charge in [0.25, 0.3) is 0 Å². The zero-order chi connectivity index (χ0) is 25.7. The third kappa shape index (κ3) is 4.28. The summed E-state index contributed by atoms with van der Waals surface area (Å²) >= 11 is 0. The van der Waals surface area contributed by atoms with Crippen LogP contribution in [0.4, 0.5) is 13.2 Å². The molecule has 0 atom stereocenters. The van der Waals surface area contributed by atoms with Crippen LogP contribution in [0.1, 0.15) is 35.7 Å². The van der Waals surface area contributed by atoms with E-state index >= 15 is 0 Å². The molecule has 9 nitrogen and oxygen atoms in total. The molecule has 6 rings (SSSR count). The molecule has 4 aromatic heterocycles. The minimum atomic E-state index is -4.49. The number of fused-ring (bicyclic) bond motifs is 1. The van der Waals surface area contributed by atoms with Crippen LogP contribution < -0.4 is 4.74 Å². The molecule has 0 amide bonds. The van der Waals surface area contributed by atoms with Gasteiger partial charge in [-0.25, -0.2) is 29.9 Å². The molecule has 1 aromatic carbocycles. The average molecular weight is 506 g/mol. The van der Waals surface area contributed by atoms with Gasteiger partial charge in [0.1, 0.15) is 23.2 Å². The fraction of sp³-hybridized carbons (Fsp3) is 0.280. The fourth-order valence-electron chi connectivity index (χ4n) is 4.33. The zero-order valence-electron chi connectivity index (χ0n) is 19.9. The molecule has 4 heterocycles. The van der Waals surface area contributed by atoms with Crippen LogP contribution in [0.25, 0.3) is 33.9 Å². The van der Waals surface area contributed by atoms with E-state index in [-0.39, 0.29) is 5.82 Å². The molecule has 188 valence electrons. The van der Waals surface area contributed by atoms with Crippen molar-refractivity contribution in [1.29, 1.82) is 0 Å². The second-order valence-corrected chi connectivity index (χ2v) is 8.95. The molecule has 0 bridgehead atoms. The van der Waals surface area contributed by atoms with Crippen LogP contribution in [0, 0.1) is 0 Å². The Balaban J connectivity index is 1.31. The third-order valence-corrected chi connectivity index (χ3v) is 6.31. The molecular formula is C25H21F3N8O. The lowest BCUT2D eigenvalue weighted by Crippen LogP contribution is -2.05. The van der Waals surface area contributed by atoms with Crippen molar-refractivity contribution in [2.75, 3.05) is 7.11 Å². The van der Waals surface area contributed by atoms with Crippen molar-refractivity contribution >= 4 is 11.2 Å². The van der Waals surface area contributed by atoms with Crippen LogP contribution in [-0.2, 0) is 19.8 Å². The van der Waals surface area contributed by atoms with E-state index in [1.54, 1.807) is 38.8 Å². The van der Waals surface area contributed by atoms with E-state index in [1.807, 2.05) is 16.7 Å². The molecule has 0 radical (unpaired) electrons. The number of ether oxygens (including phenoxy) is 1. The first kappa shape index (κ1) is 23.1. The molecule has 0 N–H and O–H groups in total. The van der Waals surface area contributed by atoms with Crippen molar-refractivity contribution in [3.63, 3.8) is 0 Å². The molecule has 0 unspecified atom stereocenters. The van der Waals surface area contributed by atoms with Crippen molar-refractivity contribution in [2.45, 2.75) is 31.5 Å². The van der Waals surface area contributed by atoms with Gasteiger partial charge in [-0.15, -0.1) is 0 Å². The molecule has 0 spiro atoms. The van der Waals surface area contributed by atoms with Gasteiger partial charge >= 0.3 is 6.18 Å². The molecule has 0 aliphatic heterocycles. The molecule has 0 saturated heterocycles. The Bertz CT molecular complexity index is 1600. The number of rotatable bonds is 6. The molecule has 1 aliphatic carbocycles. The molecule has 5 aromatic rings. The van der Waals surface area contributed by atoms with Gasteiger partial charge in [-0.05, 0) is 18.4 Å². The number of halogens is 3. The van der Waals surface area contributed by atoms with Crippen molar-refractivity contribution in [1.82, 2.24) is 39.0 Å². The summed E-state index contributed by atoms with van der Waals surface area (Å²) in [7, 11) is 3.10. The number of aromatic nitrogens is 8. The van der Waals surface area contributed by atoms with Crippen LogP contribution in [0.2, 0.25) is 0 Å². The number of alkyl halides is 3. The van der Waals surface area contributed by atoms with Crippen molar-refractivity contribution in [3.05, 3.63) is 66.3 Å². The molecule has 37 heavy (non-hydrogen) atoms. The van der Waals surface area contributed by atoms with Crippen molar-refractivity contribution in [2.24, 2.45) is 7.05 Å². The van der Waals surface area contributed by atoms with Gasteiger partial charge in [0, 0.05) is 24.7 Å². The maximum atomic E-state index is 13.0. The number of hydrogen-bond acceptors (Lipinski definition) is 7. The van der Waals surface area contributed by atoms with Crippen LogP contribution in [0.5, 0.6) is 5.88 Å². The first-order valence-corrected chi connectivity index (χ1v) is 11.6. The van der Waals surface area contributed by atoms with Gasteiger partial charge in [0.05, 0.1) is 31.9 Å². The number of hydrogen-bond donors (Lipinski definition) is 0. The number of benzene rings is 1. The summed E-state index contributed by atoms with van der Waals surface area (Å²) in [5, 5.41) is 0. The normalized spacial score (nSPS) is 13.9.